The maximum absolute atomic E-state index is 13.2. The zero-order chi connectivity index (χ0) is 24.4. The van der Waals surface area contributed by atoms with Crippen LogP contribution in [0.25, 0.3) is 11.2 Å². The van der Waals surface area contributed by atoms with Crippen molar-refractivity contribution in [1.82, 2.24) is 19.4 Å². The van der Waals surface area contributed by atoms with Crippen LogP contribution >= 0.6 is 0 Å². The minimum Gasteiger partial charge on any atom is -0.497 e. The number of aryl methyl sites for hydroxylation is 2. The number of hydrogen-bond donors (Lipinski definition) is 0. The third-order valence-electron chi connectivity index (χ3n) is 7.51. The van der Waals surface area contributed by atoms with Crippen LogP contribution in [-0.2, 0) is 22.4 Å². The standard InChI is InChI=1S/C28H36N4O3/c1-28(2)19-21(14-18-35-28)27(33)31-16-12-22(13-17-31)32-25(30-24-5-4-15-29-26(24)32)11-8-20-6-9-23(34-3)10-7-20/h4-7,9-10,15,21-22H,8,11-14,16-19H2,1-3H3/t21-/m0/s1. The summed E-state index contributed by atoms with van der Waals surface area (Å²) in [5.41, 5.74) is 2.95. The van der Waals surface area contributed by atoms with Crippen molar-refractivity contribution in [1.29, 1.82) is 0 Å². The van der Waals surface area contributed by atoms with Crippen molar-refractivity contribution in [2.75, 3.05) is 26.8 Å². The first-order valence-electron chi connectivity index (χ1n) is 12.8. The molecule has 0 N–H and O–H groups in total. The molecule has 35 heavy (non-hydrogen) atoms. The van der Waals surface area contributed by atoms with E-state index in [4.69, 9.17) is 14.5 Å². The summed E-state index contributed by atoms with van der Waals surface area (Å²) in [6.45, 7) is 6.41. The van der Waals surface area contributed by atoms with Gasteiger partial charge in [0.25, 0.3) is 0 Å². The Balaban J connectivity index is 1.29. The van der Waals surface area contributed by atoms with Gasteiger partial charge in [0, 0.05) is 44.3 Å². The summed E-state index contributed by atoms with van der Waals surface area (Å²) in [5, 5.41) is 0. The van der Waals surface area contributed by atoms with Gasteiger partial charge < -0.3 is 18.9 Å². The highest BCUT2D eigenvalue weighted by atomic mass is 16.5. The Morgan fingerprint density at radius 3 is 2.60 bits per heavy atom. The Morgan fingerprint density at radius 2 is 1.89 bits per heavy atom. The van der Waals surface area contributed by atoms with Crippen LogP contribution in [0.4, 0.5) is 0 Å². The normalized spacial score (nSPS) is 20.8. The molecule has 2 aromatic heterocycles. The minimum absolute atomic E-state index is 0.0751. The lowest BCUT2D eigenvalue weighted by molar-refractivity contribution is -0.146. The number of pyridine rings is 1. The molecule has 0 radical (unpaired) electrons. The van der Waals surface area contributed by atoms with Crippen molar-refractivity contribution in [3.8, 4) is 5.75 Å². The molecule has 2 aliphatic rings. The monoisotopic (exact) mass is 476 g/mol. The number of carbonyl (C=O) groups is 1. The molecular weight excluding hydrogens is 440 g/mol. The highest BCUT2D eigenvalue weighted by molar-refractivity contribution is 5.79. The second-order valence-electron chi connectivity index (χ2n) is 10.4. The van der Waals surface area contributed by atoms with Crippen LogP contribution in [0.3, 0.4) is 0 Å². The zero-order valence-corrected chi connectivity index (χ0v) is 21.1. The summed E-state index contributed by atoms with van der Waals surface area (Å²) in [4.78, 5) is 25.0. The van der Waals surface area contributed by atoms with E-state index >= 15 is 0 Å². The van der Waals surface area contributed by atoms with Crippen LogP contribution in [-0.4, -0.2) is 57.7 Å². The highest BCUT2D eigenvalue weighted by Gasteiger charge is 2.36. The minimum atomic E-state index is -0.211. The van der Waals surface area contributed by atoms with Crippen molar-refractivity contribution in [3.05, 3.63) is 54.0 Å². The average Bonchev–Trinajstić information content (AvgIpc) is 3.25. The van der Waals surface area contributed by atoms with E-state index in [1.165, 1.54) is 5.56 Å². The van der Waals surface area contributed by atoms with Crippen LogP contribution in [0.5, 0.6) is 5.75 Å². The molecule has 2 saturated heterocycles. The molecule has 0 spiro atoms. The number of fused-ring (bicyclic) bond motifs is 1. The molecule has 0 aliphatic carbocycles. The first-order valence-corrected chi connectivity index (χ1v) is 12.8. The van der Waals surface area contributed by atoms with Gasteiger partial charge in [0.05, 0.1) is 12.7 Å². The van der Waals surface area contributed by atoms with E-state index in [0.29, 0.717) is 18.6 Å². The van der Waals surface area contributed by atoms with Gasteiger partial charge in [0.1, 0.15) is 17.1 Å². The molecule has 7 heteroatoms. The Morgan fingerprint density at radius 1 is 1.11 bits per heavy atom. The van der Waals surface area contributed by atoms with E-state index < -0.39 is 0 Å². The summed E-state index contributed by atoms with van der Waals surface area (Å²) in [5.74, 6) is 2.32. The van der Waals surface area contributed by atoms with Gasteiger partial charge in [-0.3, -0.25) is 4.79 Å². The first-order chi connectivity index (χ1) is 16.9. The Kier molecular flexibility index (Phi) is 6.78. The van der Waals surface area contributed by atoms with Crippen molar-refractivity contribution in [2.45, 2.75) is 64.0 Å². The molecule has 1 aromatic carbocycles. The fourth-order valence-corrected chi connectivity index (χ4v) is 5.63. The molecular formula is C28H36N4O3. The zero-order valence-electron chi connectivity index (χ0n) is 21.1. The van der Waals surface area contributed by atoms with Crippen molar-refractivity contribution >= 4 is 17.1 Å². The fraction of sp³-hybridized carbons (Fsp3) is 0.536. The first kappa shape index (κ1) is 23.8. The summed E-state index contributed by atoms with van der Waals surface area (Å²) in [6.07, 6.45) is 7.08. The van der Waals surface area contributed by atoms with Gasteiger partial charge in [-0.2, -0.15) is 0 Å². The van der Waals surface area contributed by atoms with Crippen molar-refractivity contribution in [2.24, 2.45) is 5.92 Å². The molecule has 2 fully saturated rings. The Labute approximate surface area is 207 Å². The summed E-state index contributed by atoms with van der Waals surface area (Å²) in [7, 11) is 1.69. The number of benzene rings is 1. The fourth-order valence-electron chi connectivity index (χ4n) is 5.63. The molecule has 186 valence electrons. The molecule has 0 bridgehead atoms. The molecule has 3 aromatic rings. The van der Waals surface area contributed by atoms with E-state index in [1.54, 1.807) is 7.11 Å². The van der Waals surface area contributed by atoms with Crippen molar-refractivity contribution < 1.29 is 14.3 Å². The Bertz CT molecular complexity index is 1160. The Hall–Kier alpha value is -2.93. The van der Waals surface area contributed by atoms with Crippen molar-refractivity contribution in [3.63, 3.8) is 0 Å². The summed E-state index contributed by atoms with van der Waals surface area (Å²) in [6, 6.07) is 12.5. The van der Waals surface area contributed by atoms with Gasteiger partial charge in [-0.1, -0.05) is 12.1 Å². The number of nitrogens with zero attached hydrogens (tertiary/aromatic N) is 4. The van der Waals surface area contributed by atoms with E-state index in [2.05, 4.69) is 40.4 Å². The van der Waals surface area contributed by atoms with Crippen LogP contribution < -0.4 is 4.74 Å². The maximum atomic E-state index is 13.2. The lowest BCUT2D eigenvalue weighted by atomic mass is 9.87. The van der Waals surface area contributed by atoms with Crippen LogP contribution in [0.15, 0.2) is 42.6 Å². The van der Waals surface area contributed by atoms with Crippen LogP contribution in [0.1, 0.15) is 57.0 Å². The van der Waals surface area contributed by atoms with Gasteiger partial charge in [-0.05, 0) is 75.8 Å². The number of amides is 1. The van der Waals surface area contributed by atoms with Gasteiger partial charge in [-0.25, -0.2) is 9.97 Å². The smallest absolute Gasteiger partial charge is 0.225 e. The van der Waals surface area contributed by atoms with Gasteiger partial charge >= 0.3 is 0 Å². The topological polar surface area (TPSA) is 69.5 Å². The van der Waals surface area contributed by atoms with E-state index in [9.17, 15) is 4.79 Å². The SMILES string of the molecule is COc1ccc(CCc2nc3cccnc3n2C2CCN(C(=O)[C@H]3CCOC(C)(C)C3)CC2)cc1. The third-order valence-corrected chi connectivity index (χ3v) is 7.51. The summed E-state index contributed by atoms with van der Waals surface area (Å²) >= 11 is 0. The number of hydrogen-bond acceptors (Lipinski definition) is 5. The van der Waals surface area contributed by atoms with E-state index in [-0.39, 0.29) is 11.5 Å². The average molecular weight is 477 g/mol. The van der Waals surface area contributed by atoms with Gasteiger partial charge in [0.15, 0.2) is 5.65 Å². The number of ether oxygens (including phenoxy) is 2. The number of likely N-dealkylation sites (tertiary alicyclic amines) is 1. The van der Waals surface area contributed by atoms with Crippen LogP contribution in [0, 0.1) is 5.92 Å². The second-order valence-corrected chi connectivity index (χ2v) is 10.4. The number of methoxy groups -OCH3 is 1. The number of rotatable bonds is 6. The number of aromatic nitrogens is 3. The maximum Gasteiger partial charge on any atom is 0.225 e. The molecule has 0 saturated carbocycles. The highest BCUT2D eigenvalue weighted by Crippen LogP contribution is 2.33. The van der Waals surface area contributed by atoms with E-state index in [0.717, 1.165) is 74.4 Å². The molecule has 4 heterocycles. The molecule has 5 rings (SSSR count). The van der Waals surface area contributed by atoms with Gasteiger partial charge in [0.2, 0.25) is 5.91 Å². The van der Waals surface area contributed by atoms with E-state index in [1.807, 2.05) is 30.5 Å². The molecule has 2 aliphatic heterocycles. The largest absolute Gasteiger partial charge is 0.497 e. The number of imidazole rings is 1. The molecule has 0 unspecified atom stereocenters. The van der Waals surface area contributed by atoms with Gasteiger partial charge in [-0.15, -0.1) is 0 Å². The number of carbonyl (C=O) groups excluding carboxylic acids is 1. The molecule has 1 amide bonds. The summed E-state index contributed by atoms with van der Waals surface area (Å²) < 4.78 is 13.5. The molecule has 1 atom stereocenters. The lowest BCUT2D eigenvalue weighted by Gasteiger charge is -2.39. The second kappa shape index (κ2) is 9.97. The predicted molar refractivity (Wildman–Crippen MR) is 136 cm³/mol. The third kappa shape index (κ3) is 5.20. The number of piperidine rings is 1. The lowest BCUT2D eigenvalue weighted by Crippen LogP contribution is -2.46. The quantitative estimate of drug-likeness (QED) is 0.520. The van der Waals surface area contributed by atoms with Crippen LogP contribution in [0.2, 0.25) is 0 Å². The predicted octanol–water partition coefficient (Wildman–Crippen LogP) is 4.59. The molecule has 7 nitrogen and oxygen atoms in total.